The van der Waals surface area contributed by atoms with Crippen LogP contribution in [-0.4, -0.2) is 19.3 Å². The molecular weight excluding hydrogens is 253 g/mol. The van der Waals surface area contributed by atoms with Crippen LogP contribution in [0.4, 0.5) is 4.39 Å². The van der Waals surface area contributed by atoms with Crippen molar-refractivity contribution in [1.82, 2.24) is 5.32 Å². The Labute approximate surface area is 113 Å². The summed E-state index contributed by atoms with van der Waals surface area (Å²) < 4.78 is 18.7. The molecule has 4 heteroatoms. The molecule has 0 aliphatic carbocycles. The summed E-state index contributed by atoms with van der Waals surface area (Å²) in [5.74, 6) is -0.317. The molecule has 0 aliphatic rings. The van der Waals surface area contributed by atoms with Crippen LogP contribution in [0.1, 0.15) is 38.8 Å². The maximum atomic E-state index is 13.0. The number of ether oxygens (including phenoxy) is 1. The zero-order valence-electron chi connectivity index (χ0n) is 11.2. The Morgan fingerprint density at radius 1 is 1.39 bits per heavy atom. The average molecular weight is 274 g/mol. The zero-order chi connectivity index (χ0) is 13.5. The van der Waals surface area contributed by atoms with E-state index < -0.39 is 0 Å². The first kappa shape index (κ1) is 15.4. The highest BCUT2D eigenvalue weighted by molar-refractivity contribution is 6.31. The Bertz CT molecular complexity index is 371. The highest BCUT2D eigenvalue weighted by atomic mass is 35.5. The lowest BCUT2D eigenvalue weighted by molar-refractivity contribution is 0.0611. The summed E-state index contributed by atoms with van der Waals surface area (Å²) in [6.07, 6.45) is 1.19. The fourth-order valence-electron chi connectivity index (χ4n) is 1.65. The fourth-order valence-corrected chi connectivity index (χ4v) is 1.95. The maximum Gasteiger partial charge on any atom is 0.124 e. The molecule has 0 fully saturated rings. The van der Waals surface area contributed by atoms with Crippen LogP contribution < -0.4 is 5.32 Å². The smallest absolute Gasteiger partial charge is 0.124 e. The van der Waals surface area contributed by atoms with E-state index in [0.717, 1.165) is 18.5 Å². The van der Waals surface area contributed by atoms with E-state index >= 15 is 0 Å². The van der Waals surface area contributed by atoms with Crippen LogP contribution in [-0.2, 0) is 4.74 Å². The van der Waals surface area contributed by atoms with Gasteiger partial charge in [0.1, 0.15) is 5.82 Å². The second-order valence-corrected chi connectivity index (χ2v) is 4.96. The van der Waals surface area contributed by atoms with E-state index in [1.807, 2.05) is 13.8 Å². The molecule has 0 amide bonds. The topological polar surface area (TPSA) is 21.3 Å². The van der Waals surface area contributed by atoms with Crippen LogP contribution >= 0.6 is 11.6 Å². The van der Waals surface area contributed by atoms with Gasteiger partial charge in [0.05, 0.1) is 18.8 Å². The van der Waals surface area contributed by atoms with Crippen LogP contribution in [0.15, 0.2) is 18.2 Å². The van der Waals surface area contributed by atoms with Crippen molar-refractivity contribution in [3.05, 3.63) is 34.6 Å². The summed E-state index contributed by atoms with van der Waals surface area (Å²) in [5.41, 5.74) is 0.882. The minimum absolute atomic E-state index is 0.000417. The summed E-state index contributed by atoms with van der Waals surface area (Å²) in [4.78, 5) is 0. The van der Waals surface area contributed by atoms with Gasteiger partial charge >= 0.3 is 0 Å². The molecule has 0 saturated carbocycles. The third-order valence-electron chi connectivity index (χ3n) is 2.57. The van der Waals surface area contributed by atoms with Crippen molar-refractivity contribution < 1.29 is 9.13 Å². The third-order valence-corrected chi connectivity index (χ3v) is 2.90. The second kappa shape index (κ2) is 7.72. The molecule has 0 aliphatic heterocycles. The van der Waals surface area contributed by atoms with Crippen molar-refractivity contribution in [2.75, 3.05) is 13.2 Å². The Morgan fingerprint density at radius 2 is 2.11 bits per heavy atom. The molecule has 1 aromatic carbocycles. The van der Waals surface area contributed by atoms with Crippen LogP contribution in [0, 0.1) is 5.82 Å². The largest absolute Gasteiger partial charge is 0.377 e. The summed E-state index contributed by atoms with van der Waals surface area (Å²) in [6.45, 7) is 7.48. The van der Waals surface area contributed by atoms with Gasteiger partial charge in [-0.2, -0.15) is 0 Å². The van der Waals surface area contributed by atoms with E-state index in [-0.39, 0.29) is 18.0 Å². The molecule has 0 saturated heterocycles. The van der Waals surface area contributed by atoms with Gasteiger partial charge in [-0.05, 0) is 44.5 Å². The van der Waals surface area contributed by atoms with Crippen molar-refractivity contribution in [1.29, 1.82) is 0 Å². The van der Waals surface area contributed by atoms with Crippen LogP contribution in [0.25, 0.3) is 0 Å². The lowest BCUT2D eigenvalue weighted by atomic mass is 10.1. The number of halogens is 2. The number of nitrogens with one attached hydrogen (secondary N) is 1. The summed E-state index contributed by atoms with van der Waals surface area (Å²) in [7, 11) is 0. The molecule has 0 aromatic heterocycles. The summed E-state index contributed by atoms with van der Waals surface area (Å²) in [6, 6.07) is 4.49. The molecule has 1 atom stereocenters. The Morgan fingerprint density at radius 3 is 2.67 bits per heavy atom. The SMILES string of the molecule is CCCNC(COC(C)C)c1ccc(F)cc1Cl. The van der Waals surface area contributed by atoms with Crippen LogP contribution in [0.2, 0.25) is 5.02 Å². The lowest BCUT2D eigenvalue weighted by Gasteiger charge is -2.21. The number of benzene rings is 1. The fraction of sp³-hybridized carbons (Fsp3) is 0.571. The summed E-state index contributed by atoms with van der Waals surface area (Å²) in [5, 5.41) is 3.81. The molecule has 1 unspecified atom stereocenters. The Kier molecular flexibility index (Phi) is 6.61. The van der Waals surface area contributed by atoms with Gasteiger partial charge in [0.25, 0.3) is 0 Å². The first-order valence-corrected chi connectivity index (χ1v) is 6.72. The van der Waals surface area contributed by atoms with Gasteiger partial charge in [-0.25, -0.2) is 4.39 Å². The minimum atomic E-state index is -0.317. The maximum absolute atomic E-state index is 13.0. The average Bonchev–Trinajstić information content (AvgIpc) is 2.30. The Balaban J connectivity index is 2.79. The number of rotatable bonds is 7. The quantitative estimate of drug-likeness (QED) is 0.812. The molecule has 0 bridgehead atoms. The van der Waals surface area contributed by atoms with Crippen LogP contribution in [0.3, 0.4) is 0 Å². The van der Waals surface area contributed by atoms with Crippen molar-refractivity contribution in [2.24, 2.45) is 0 Å². The third kappa shape index (κ3) is 4.92. The molecule has 18 heavy (non-hydrogen) atoms. The minimum Gasteiger partial charge on any atom is -0.377 e. The van der Waals surface area contributed by atoms with Crippen molar-refractivity contribution in [3.63, 3.8) is 0 Å². The Hall–Kier alpha value is -0.640. The van der Waals surface area contributed by atoms with E-state index in [4.69, 9.17) is 16.3 Å². The van der Waals surface area contributed by atoms with Gasteiger partial charge in [0.15, 0.2) is 0 Å². The zero-order valence-corrected chi connectivity index (χ0v) is 11.9. The predicted octanol–water partition coefficient (Wildman–Crippen LogP) is 3.94. The molecule has 1 aromatic rings. The molecule has 0 radical (unpaired) electrons. The van der Waals surface area contributed by atoms with Gasteiger partial charge < -0.3 is 10.1 Å². The normalized spacial score (nSPS) is 13.0. The summed E-state index contributed by atoms with van der Waals surface area (Å²) >= 11 is 6.08. The predicted molar refractivity (Wildman–Crippen MR) is 73.5 cm³/mol. The molecule has 0 heterocycles. The van der Waals surface area contributed by atoms with Gasteiger partial charge in [0, 0.05) is 5.02 Å². The van der Waals surface area contributed by atoms with Gasteiger partial charge in [0.2, 0.25) is 0 Å². The van der Waals surface area contributed by atoms with Crippen molar-refractivity contribution in [2.45, 2.75) is 39.3 Å². The number of hydrogen-bond acceptors (Lipinski definition) is 2. The van der Waals surface area contributed by atoms with E-state index in [1.165, 1.54) is 12.1 Å². The molecule has 2 nitrogen and oxygen atoms in total. The first-order chi connectivity index (χ1) is 8.54. The van der Waals surface area contributed by atoms with Crippen LogP contribution in [0.5, 0.6) is 0 Å². The second-order valence-electron chi connectivity index (χ2n) is 4.55. The van der Waals surface area contributed by atoms with Gasteiger partial charge in [-0.15, -0.1) is 0 Å². The van der Waals surface area contributed by atoms with E-state index in [2.05, 4.69) is 12.2 Å². The van der Waals surface area contributed by atoms with Crippen molar-refractivity contribution >= 4 is 11.6 Å². The monoisotopic (exact) mass is 273 g/mol. The van der Waals surface area contributed by atoms with Gasteiger partial charge in [-0.3, -0.25) is 0 Å². The first-order valence-electron chi connectivity index (χ1n) is 6.34. The lowest BCUT2D eigenvalue weighted by Crippen LogP contribution is -2.27. The standard InChI is InChI=1S/C14H21ClFNO/c1-4-7-17-14(9-18-10(2)3)12-6-5-11(16)8-13(12)15/h5-6,8,10,14,17H,4,7,9H2,1-3H3. The highest BCUT2D eigenvalue weighted by Gasteiger charge is 2.15. The van der Waals surface area contributed by atoms with E-state index in [9.17, 15) is 4.39 Å². The van der Waals surface area contributed by atoms with Gasteiger partial charge in [-0.1, -0.05) is 24.6 Å². The van der Waals surface area contributed by atoms with E-state index in [0.29, 0.717) is 11.6 Å². The molecule has 1 N–H and O–H groups in total. The van der Waals surface area contributed by atoms with E-state index in [1.54, 1.807) is 6.07 Å². The molecule has 0 spiro atoms. The molecular formula is C14H21ClFNO. The highest BCUT2D eigenvalue weighted by Crippen LogP contribution is 2.24. The molecule has 1 rings (SSSR count). The molecule has 102 valence electrons. The number of hydrogen-bond donors (Lipinski definition) is 1. The van der Waals surface area contributed by atoms with Crippen molar-refractivity contribution in [3.8, 4) is 0 Å².